The van der Waals surface area contributed by atoms with Crippen LogP contribution >= 0.6 is 23.8 Å². The summed E-state index contributed by atoms with van der Waals surface area (Å²) in [5, 5.41) is 0.741. The third kappa shape index (κ3) is 2.69. The average molecular weight is 301 g/mol. The molecule has 0 saturated heterocycles. The minimum Gasteiger partial charge on any atom is -0.337 e. The van der Waals surface area contributed by atoms with Crippen LogP contribution in [0.25, 0.3) is 11.3 Å². The fourth-order valence-corrected chi connectivity index (χ4v) is 2.65. The Labute approximate surface area is 127 Å². The second-order valence-electron chi connectivity index (χ2n) is 4.56. The van der Waals surface area contributed by atoms with Crippen LogP contribution in [0.15, 0.2) is 60.8 Å². The largest absolute Gasteiger partial charge is 0.337 e. The van der Waals surface area contributed by atoms with E-state index in [0.717, 1.165) is 21.8 Å². The zero-order valence-corrected chi connectivity index (χ0v) is 12.3. The summed E-state index contributed by atoms with van der Waals surface area (Å²) in [7, 11) is 0. The van der Waals surface area contributed by atoms with E-state index in [2.05, 4.69) is 27.8 Å². The van der Waals surface area contributed by atoms with Crippen molar-refractivity contribution in [3.05, 3.63) is 76.2 Å². The fraction of sp³-hybridized carbons (Fsp3) is 0.0625. The Bertz CT molecular complexity index is 774. The number of imidazole rings is 1. The number of halogens is 1. The van der Waals surface area contributed by atoms with E-state index in [9.17, 15) is 0 Å². The van der Waals surface area contributed by atoms with Crippen LogP contribution in [-0.2, 0) is 6.54 Å². The molecule has 0 spiro atoms. The minimum absolute atomic E-state index is 0.702. The van der Waals surface area contributed by atoms with Crippen molar-refractivity contribution in [2.45, 2.75) is 6.54 Å². The van der Waals surface area contributed by atoms with Crippen molar-refractivity contribution in [1.82, 2.24) is 9.55 Å². The van der Waals surface area contributed by atoms with Crippen molar-refractivity contribution in [3.8, 4) is 11.3 Å². The zero-order chi connectivity index (χ0) is 13.9. The molecule has 0 radical (unpaired) electrons. The highest BCUT2D eigenvalue weighted by Gasteiger charge is 2.07. The number of rotatable bonds is 3. The van der Waals surface area contributed by atoms with Crippen molar-refractivity contribution in [3.63, 3.8) is 0 Å². The Balaban J connectivity index is 2.02. The molecule has 3 aromatic rings. The number of nitrogens with one attached hydrogen (secondary N) is 1. The van der Waals surface area contributed by atoms with Gasteiger partial charge in [0.25, 0.3) is 0 Å². The molecule has 0 amide bonds. The molecule has 0 saturated carbocycles. The highest BCUT2D eigenvalue weighted by atomic mass is 35.5. The average Bonchev–Trinajstić information content (AvgIpc) is 2.81. The highest BCUT2D eigenvalue weighted by Crippen LogP contribution is 2.21. The van der Waals surface area contributed by atoms with Gasteiger partial charge in [-0.1, -0.05) is 54.1 Å². The number of aromatic amines is 1. The molecule has 20 heavy (non-hydrogen) atoms. The van der Waals surface area contributed by atoms with Gasteiger partial charge in [0.2, 0.25) is 0 Å². The first-order valence-electron chi connectivity index (χ1n) is 6.32. The van der Waals surface area contributed by atoms with Crippen molar-refractivity contribution >= 4 is 23.8 Å². The van der Waals surface area contributed by atoms with Gasteiger partial charge in [-0.05, 0) is 35.5 Å². The van der Waals surface area contributed by atoms with E-state index in [4.69, 9.17) is 23.8 Å². The van der Waals surface area contributed by atoms with Crippen LogP contribution in [0.4, 0.5) is 0 Å². The van der Waals surface area contributed by atoms with Crippen LogP contribution < -0.4 is 0 Å². The summed E-state index contributed by atoms with van der Waals surface area (Å²) in [5.74, 6) is 0. The van der Waals surface area contributed by atoms with Crippen molar-refractivity contribution in [2.24, 2.45) is 0 Å². The predicted octanol–water partition coefficient (Wildman–Crippen LogP) is 4.91. The van der Waals surface area contributed by atoms with Gasteiger partial charge in [-0.25, -0.2) is 0 Å². The second kappa shape index (κ2) is 5.65. The molecule has 2 aromatic carbocycles. The van der Waals surface area contributed by atoms with Crippen LogP contribution in [-0.4, -0.2) is 9.55 Å². The monoisotopic (exact) mass is 300 g/mol. The summed E-state index contributed by atoms with van der Waals surface area (Å²) in [6.45, 7) is 0.702. The summed E-state index contributed by atoms with van der Waals surface area (Å²) >= 11 is 11.4. The summed E-state index contributed by atoms with van der Waals surface area (Å²) in [4.78, 5) is 3.12. The van der Waals surface area contributed by atoms with Gasteiger partial charge in [0, 0.05) is 11.2 Å². The predicted molar refractivity (Wildman–Crippen MR) is 85.6 cm³/mol. The lowest BCUT2D eigenvalue weighted by molar-refractivity contribution is 0.791. The van der Waals surface area contributed by atoms with Crippen LogP contribution in [0.1, 0.15) is 5.56 Å². The van der Waals surface area contributed by atoms with Gasteiger partial charge in [-0.15, -0.1) is 0 Å². The maximum atomic E-state index is 6.04. The molecule has 2 nitrogen and oxygen atoms in total. The minimum atomic E-state index is 0.702. The van der Waals surface area contributed by atoms with Gasteiger partial charge in [-0.2, -0.15) is 0 Å². The van der Waals surface area contributed by atoms with E-state index >= 15 is 0 Å². The Morgan fingerprint density at radius 3 is 2.60 bits per heavy atom. The first-order chi connectivity index (χ1) is 9.74. The summed E-state index contributed by atoms with van der Waals surface area (Å²) in [6, 6.07) is 18.0. The number of hydrogen-bond donors (Lipinski definition) is 1. The number of benzene rings is 2. The first-order valence-corrected chi connectivity index (χ1v) is 7.11. The van der Waals surface area contributed by atoms with Gasteiger partial charge in [0.05, 0.1) is 12.2 Å². The van der Waals surface area contributed by atoms with Gasteiger partial charge in [-0.3, -0.25) is 0 Å². The Morgan fingerprint density at radius 1 is 1.05 bits per heavy atom. The molecule has 0 unspecified atom stereocenters. The van der Waals surface area contributed by atoms with E-state index < -0.39 is 0 Å². The maximum absolute atomic E-state index is 6.04. The summed E-state index contributed by atoms with van der Waals surface area (Å²) < 4.78 is 2.79. The molecule has 0 atom stereocenters. The highest BCUT2D eigenvalue weighted by molar-refractivity contribution is 7.71. The van der Waals surface area contributed by atoms with E-state index in [0.29, 0.717) is 11.3 Å². The van der Waals surface area contributed by atoms with Crippen molar-refractivity contribution in [1.29, 1.82) is 0 Å². The number of hydrogen-bond acceptors (Lipinski definition) is 1. The Kier molecular flexibility index (Phi) is 3.72. The lowest BCUT2D eigenvalue weighted by atomic mass is 10.1. The number of H-pyrrole nitrogens is 1. The Morgan fingerprint density at radius 2 is 1.85 bits per heavy atom. The van der Waals surface area contributed by atoms with Gasteiger partial charge in [0.15, 0.2) is 4.77 Å². The summed E-state index contributed by atoms with van der Waals surface area (Å²) in [6.07, 6.45) is 1.95. The van der Waals surface area contributed by atoms with E-state index in [1.165, 1.54) is 0 Å². The molecule has 3 rings (SSSR count). The van der Waals surface area contributed by atoms with Crippen LogP contribution in [0.5, 0.6) is 0 Å². The van der Waals surface area contributed by atoms with Crippen molar-refractivity contribution < 1.29 is 0 Å². The lowest BCUT2D eigenvalue weighted by Gasteiger charge is -2.09. The first kappa shape index (κ1) is 13.2. The van der Waals surface area contributed by atoms with Gasteiger partial charge < -0.3 is 9.55 Å². The van der Waals surface area contributed by atoms with Crippen LogP contribution in [0, 0.1) is 4.77 Å². The van der Waals surface area contributed by atoms with Gasteiger partial charge in [0.1, 0.15) is 0 Å². The molecule has 0 fully saturated rings. The van der Waals surface area contributed by atoms with E-state index in [-0.39, 0.29) is 0 Å². The summed E-state index contributed by atoms with van der Waals surface area (Å²) in [5.41, 5.74) is 3.35. The third-order valence-corrected chi connectivity index (χ3v) is 3.74. The topological polar surface area (TPSA) is 20.7 Å². The van der Waals surface area contributed by atoms with E-state index in [1.807, 2.05) is 42.6 Å². The molecule has 1 aromatic heterocycles. The SMILES string of the molecule is S=c1[nH]cc(-c2ccccc2)n1Cc1cccc(Cl)c1. The normalized spacial score (nSPS) is 10.7. The molecule has 1 N–H and O–H groups in total. The molecule has 0 aliphatic heterocycles. The van der Waals surface area contributed by atoms with E-state index in [1.54, 1.807) is 0 Å². The smallest absolute Gasteiger partial charge is 0.177 e. The Hall–Kier alpha value is -1.84. The molecule has 0 aliphatic carbocycles. The number of aromatic nitrogens is 2. The molecular formula is C16H13ClN2S. The van der Waals surface area contributed by atoms with Gasteiger partial charge >= 0.3 is 0 Å². The quantitative estimate of drug-likeness (QED) is 0.681. The molecule has 0 bridgehead atoms. The fourth-order valence-electron chi connectivity index (χ4n) is 2.22. The van der Waals surface area contributed by atoms with Crippen LogP contribution in [0.3, 0.4) is 0 Å². The standard InChI is InChI=1S/C16H13ClN2S/c17-14-8-4-5-12(9-14)11-19-15(10-18-16(19)20)13-6-2-1-3-7-13/h1-10H,11H2,(H,18,20). The zero-order valence-electron chi connectivity index (χ0n) is 10.7. The second-order valence-corrected chi connectivity index (χ2v) is 5.38. The maximum Gasteiger partial charge on any atom is 0.177 e. The van der Waals surface area contributed by atoms with Crippen molar-refractivity contribution in [2.75, 3.05) is 0 Å². The molecular weight excluding hydrogens is 288 g/mol. The number of nitrogens with zero attached hydrogens (tertiary/aromatic N) is 1. The third-order valence-electron chi connectivity index (χ3n) is 3.17. The molecule has 4 heteroatoms. The lowest BCUT2D eigenvalue weighted by Crippen LogP contribution is -2.01. The van der Waals surface area contributed by atoms with Crippen LogP contribution in [0.2, 0.25) is 5.02 Å². The molecule has 1 heterocycles. The molecule has 0 aliphatic rings. The molecule has 100 valence electrons.